The molecule has 3 atom stereocenters. The Morgan fingerprint density at radius 3 is 3.00 bits per heavy atom. The van der Waals surface area contributed by atoms with Crippen molar-refractivity contribution in [3.8, 4) is 0 Å². The molecular weight excluding hydrogens is 204 g/mol. The molecular formula is C12H24N2O2. The van der Waals surface area contributed by atoms with Gasteiger partial charge < -0.3 is 14.8 Å². The Bertz CT molecular complexity index is 205. The van der Waals surface area contributed by atoms with Gasteiger partial charge in [-0.15, -0.1) is 0 Å². The molecule has 4 heteroatoms. The van der Waals surface area contributed by atoms with Crippen LogP contribution in [0.3, 0.4) is 0 Å². The number of morpholine rings is 1. The molecule has 0 aromatic heterocycles. The van der Waals surface area contributed by atoms with Crippen molar-refractivity contribution < 1.29 is 9.47 Å². The van der Waals surface area contributed by atoms with Gasteiger partial charge in [0.1, 0.15) is 0 Å². The van der Waals surface area contributed by atoms with E-state index in [-0.39, 0.29) is 0 Å². The fourth-order valence-corrected chi connectivity index (χ4v) is 2.69. The van der Waals surface area contributed by atoms with Crippen molar-refractivity contribution in [2.24, 2.45) is 5.92 Å². The summed E-state index contributed by atoms with van der Waals surface area (Å²) in [4.78, 5) is 2.56. The van der Waals surface area contributed by atoms with Crippen molar-refractivity contribution in [2.75, 3.05) is 46.5 Å². The number of rotatable bonds is 4. The average Bonchev–Trinajstić information content (AvgIpc) is 2.82. The van der Waals surface area contributed by atoms with Crippen molar-refractivity contribution >= 4 is 0 Å². The predicted octanol–water partition coefficient (Wildman–Crippen LogP) is 0.332. The number of hydrogen-bond acceptors (Lipinski definition) is 4. The van der Waals surface area contributed by atoms with E-state index in [1.807, 2.05) is 7.05 Å². The van der Waals surface area contributed by atoms with Gasteiger partial charge in [-0.1, -0.05) is 0 Å². The van der Waals surface area contributed by atoms with E-state index in [0.29, 0.717) is 18.1 Å². The van der Waals surface area contributed by atoms with Gasteiger partial charge in [0.05, 0.1) is 19.3 Å². The van der Waals surface area contributed by atoms with Crippen LogP contribution in [0, 0.1) is 5.92 Å². The summed E-state index contributed by atoms with van der Waals surface area (Å²) in [7, 11) is 1.98. The molecule has 16 heavy (non-hydrogen) atoms. The summed E-state index contributed by atoms with van der Waals surface area (Å²) in [6, 6.07) is 0.630. The van der Waals surface area contributed by atoms with Crippen LogP contribution < -0.4 is 5.32 Å². The SMILES string of the molecule is CNCC1CN(C(C)C2CCOC2)CCO1. The molecule has 0 spiro atoms. The van der Waals surface area contributed by atoms with Crippen molar-refractivity contribution in [3.05, 3.63) is 0 Å². The minimum absolute atomic E-state index is 0.350. The first-order valence-corrected chi connectivity index (χ1v) is 6.39. The molecule has 3 unspecified atom stereocenters. The summed E-state index contributed by atoms with van der Waals surface area (Å²) in [5.74, 6) is 0.716. The maximum atomic E-state index is 5.73. The van der Waals surface area contributed by atoms with Gasteiger partial charge in [0, 0.05) is 32.3 Å². The molecule has 2 saturated heterocycles. The average molecular weight is 228 g/mol. The zero-order valence-corrected chi connectivity index (χ0v) is 10.4. The van der Waals surface area contributed by atoms with Crippen LogP contribution in [-0.4, -0.2) is 63.5 Å². The summed E-state index contributed by atoms with van der Waals surface area (Å²) in [6.45, 7) is 8.15. The van der Waals surface area contributed by atoms with Crippen LogP contribution in [0.25, 0.3) is 0 Å². The van der Waals surface area contributed by atoms with Gasteiger partial charge in [-0.2, -0.15) is 0 Å². The first-order chi connectivity index (χ1) is 7.81. The van der Waals surface area contributed by atoms with Crippen LogP contribution in [0.5, 0.6) is 0 Å². The third-order valence-corrected chi connectivity index (χ3v) is 3.83. The minimum atomic E-state index is 0.350. The van der Waals surface area contributed by atoms with Gasteiger partial charge in [-0.25, -0.2) is 0 Å². The first kappa shape index (κ1) is 12.3. The highest BCUT2D eigenvalue weighted by Crippen LogP contribution is 2.22. The van der Waals surface area contributed by atoms with Crippen LogP contribution in [0.4, 0.5) is 0 Å². The van der Waals surface area contributed by atoms with Gasteiger partial charge in [0.15, 0.2) is 0 Å². The lowest BCUT2D eigenvalue weighted by molar-refractivity contribution is -0.0473. The topological polar surface area (TPSA) is 33.7 Å². The standard InChI is InChI=1S/C12H24N2O2/c1-10(11-3-5-15-9-11)14-4-6-16-12(8-14)7-13-2/h10-13H,3-9H2,1-2H3. The zero-order chi connectivity index (χ0) is 11.4. The van der Waals surface area contributed by atoms with E-state index in [1.54, 1.807) is 0 Å². The normalized spacial score (nSPS) is 34.1. The second-order valence-corrected chi connectivity index (χ2v) is 4.91. The molecule has 2 aliphatic rings. The van der Waals surface area contributed by atoms with Crippen LogP contribution in [0.1, 0.15) is 13.3 Å². The van der Waals surface area contributed by atoms with Crippen molar-refractivity contribution in [3.63, 3.8) is 0 Å². The monoisotopic (exact) mass is 228 g/mol. The Morgan fingerprint density at radius 2 is 2.31 bits per heavy atom. The summed E-state index contributed by atoms with van der Waals surface area (Å²) in [5.41, 5.74) is 0. The van der Waals surface area contributed by atoms with Crippen LogP contribution >= 0.6 is 0 Å². The van der Waals surface area contributed by atoms with Crippen LogP contribution in [0.2, 0.25) is 0 Å². The summed E-state index contributed by atoms with van der Waals surface area (Å²) in [6.07, 6.45) is 1.57. The molecule has 0 radical (unpaired) electrons. The van der Waals surface area contributed by atoms with E-state index in [9.17, 15) is 0 Å². The van der Waals surface area contributed by atoms with Gasteiger partial charge in [-0.3, -0.25) is 4.90 Å². The van der Waals surface area contributed by atoms with E-state index in [4.69, 9.17) is 9.47 Å². The van der Waals surface area contributed by atoms with E-state index < -0.39 is 0 Å². The highest BCUT2D eigenvalue weighted by Gasteiger charge is 2.30. The lowest BCUT2D eigenvalue weighted by Gasteiger charge is -2.38. The van der Waals surface area contributed by atoms with E-state index in [1.165, 1.54) is 6.42 Å². The van der Waals surface area contributed by atoms with Crippen molar-refractivity contribution in [1.29, 1.82) is 0 Å². The number of likely N-dealkylation sites (N-methyl/N-ethyl adjacent to an activating group) is 1. The Balaban J connectivity index is 1.82. The van der Waals surface area contributed by atoms with Gasteiger partial charge in [-0.05, 0) is 26.3 Å². The minimum Gasteiger partial charge on any atom is -0.381 e. The maximum absolute atomic E-state index is 5.73. The summed E-state index contributed by atoms with van der Waals surface area (Å²) >= 11 is 0. The van der Waals surface area contributed by atoms with Crippen LogP contribution in [0.15, 0.2) is 0 Å². The predicted molar refractivity (Wildman–Crippen MR) is 63.6 cm³/mol. The quantitative estimate of drug-likeness (QED) is 0.752. The molecule has 0 saturated carbocycles. The highest BCUT2D eigenvalue weighted by atomic mass is 16.5. The molecule has 2 rings (SSSR count). The summed E-state index contributed by atoms with van der Waals surface area (Å²) < 4.78 is 11.2. The smallest absolute Gasteiger partial charge is 0.0826 e. The Morgan fingerprint density at radius 1 is 1.44 bits per heavy atom. The van der Waals surface area contributed by atoms with Gasteiger partial charge in [0.2, 0.25) is 0 Å². The molecule has 1 N–H and O–H groups in total. The number of ether oxygens (including phenoxy) is 2. The molecule has 0 amide bonds. The van der Waals surface area contributed by atoms with E-state index in [0.717, 1.165) is 39.5 Å². The number of nitrogens with one attached hydrogen (secondary N) is 1. The van der Waals surface area contributed by atoms with Crippen molar-refractivity contribution in [2.45, 2.75) is 25.5 Å². The molecule has 94 valence electrons. The Kier molecular flexibility index (Phi) is 4.58. The molecule has 2 aliphatic heterocycles. The Hall–Kier alpha value is -0.160. The molecule has 4 nitrogen and oxygen atoms in total. The summed E-state index contributed by atoms with van der Waals surface area (Å²) in [5, 5.41) is 3.19. The molecule has 2 heterocycles. The lowest BCUT2D eigenvalue weighted by Crippen LogP contribution is -2.51. The molecule has 2 fully saturated rings. The van der Waals surface area contributed by atoms with Crippen molar-refractivity contribution in [1.82, 2.24) is 10.2 Å². The van der Waals surface area contributed by atoms with Gasteiger partial charge in [0.25, 0.3) is 0 Å². The number of hydrogen-bond donors (Lipinski definition) is 1. The molecule has 0 aromatic carbocycles. The van der Waals surface area contributed by atoms with E-state index >= 15 is 0 Å². The Labute approximate surface area is 98.3 Å². The maximum Gasteiger partial charge on any atom is 0.0826 e. The lowest BCUT2D eigenvalue weighted by atomic mass is 9.98. The third-order valence-electron chi connectivity index (χ3n) is 3.83. The molecule has 0 aromatic rings. The second kappa shape index (κ2) is 5.96. The van der Waals surface area contributed by atoms with Crippen LogP contribution in [-0.2, 0) is 9.47 Å². The largest absolute Gasteiger partial charge is 0.381 e. The van der Waals surface area contributed by atoms with Gasteiger partial charge >= 0.3 is 0 Å². The first-order valence-electron chi connectivity index (χ1n) is 6.39. The third kappa shape index (κ3) is 2.94. The molecule has 0 bridgehead atoms. The zero-order valence-electron chi connectivity index (χ0n) is 10.4. The molecule has 0 aliphatic carbocycles. The highest BCUT2D eigenvalue weighted by molar-refractivity contribution is 4.82. The fraction of sp³-hybridized carbons (Fsp3) is 1.00. The fourth-order valence-electron chi connectivity index (χ4n) is 2.69. The second-order valence-electron chi connectivity index (χ2n) is 4.91. The van der Waals surface area contributed by atoms with E-state index in [2.05, 4.69) is 17.1 Å². The number of nitrogens with zero attached hydrogens (tertiary/aromatic N) is 1.